The third-order valence-electron chi connectivity index (χ3n) is 3.33. The first kappa shape index (κ1) is 12.4. The van der Waals surface area contributed by atoms with Gasteiger partial charge in [0, 0.05) is 12.7 Å². The zero-order valence-electron chi connectivity index (χ0n) is 11.4. The van der Waals surface area contributed by atoms with Crippen LogP contribution in [0.25, 0.3) is 0 Å². The van der Waals surface area contributed by atoms with Gasteiger partial charge in [0.15, 0.2) is 0 Å². The predicted octanol–water partition coefficient (Wildman–Crippen LogP) is 3.36. The van der Waals surface area contributed by atoms with Gasteiger partial charge in [-0.25, -0.2) is 4.98 Å². The van der Waals surface area contributed by atoms with Gasteiger partial charge in [-0.05, 0) is 56.2 Å². The summed E-state index contributed by atoms with van der Waals surface area (Å²) < 4.78 is 0. The maximum atomic E-state index is 5.79. The fourth-order valence-corrected chi connectivity index (χ4v) is 1.81. The van der Waals surface area contributed by atoms with Gasteiger partial charge in [0.05, 0.1) is 11.4 Å². The van der Waals surface area contributed by atoms with Crippen molar-refractivity contribution in [2.24, 2.45) is 0 Å². The largest absolute Gasteiger partial charge is 0.397 e. The van der Waals surface area contributed by atoms with Gasteiger partial charge in [-0.2, -0.15) is 0 Å². The van der Waals surface area contributed by atoms with Crippen molar-refractivity contribution in [3.05, 3.63) is 47.2 Å². The Morgan fingerprint density at radius 3 is 2.33 bits per heavy atom. The van der Waals surface area contributed by atoms with E-state index in [1.807, 2.05) is 26.1 Å². The van der Waals surface area contributed by atoms with Crippen molar-refractivity contribution in [1.29, 1.82) is 0 Å². The Kier molecular flexibility index (Phi) is 3.24. The molecule has 94 valence electrons. The SMILES string of the molecule is Cc1ccc(N(C)c2ccc(N)c(C)n2)cc1C. The molecule has 1 aromatic heterocycles. The molecule has 0 radical (unpaired) electrons. The molecule has 3 nitrogen and oxygen atoms in total. The smallest absolute Gasteiger partial charge is 0.133 e. The number of nitrogens with two attached hydrogens (primary N) is 1. The lowest BCUT2D eigenvalue weighted by Gasteiger charge is -2.20. The molecule has 0 fully saturated rings. The van der Waals surface area contributed by atoms with Crippen LogP contribution in [-0.2, 0) is 0 Å². The van der Waals surface area contributed by atoms with Crippen LogP contribution in [0.5, 0.6) is 0 Å². The molecule has 18 heavy (non-hydrogen) atoms. The van der Waals surface area contributed by atoms with Crippen molar-refractivity contribution >= 4 is 17.2 Å². The standard InChI is InChI=1S/C15H19N3/c1-10-5-6-13(9-11(10)2)18(4)15-8-7-14(16)12(3)17-15/h5-9H,16H2,1-4H3. The highest BCUT2D eigenvalue weighted by atomic mass is 15.2. The van der Waals surface area contributed by atoms with Crippen LogP contribution < -0.4 is 10.6 Å². The second-order valence-corrected chi connectivity index (χ2v) is 4.67. The Hall–Kier alpha value is -2.03. The summed E-state index contributed by atoms with van der Waals surface area (Å²) in [6.07, 6.45) is 0. The third kappa shape index (κ3) is 2.30. The number of nitrogen functional groups attached to an aromatic ring is 1. The molecule has 2 N–H and O–H groups in total. The Balaban J connectivity index is 2.37. The summed E-state index contributed by atoms with van der Waals surface area (Å²) in [6.45, 7) is 6.16. The number of hydrogen-bond donors (Lipinski definition) is 1. The average Bonchev–Trinajstić information content (AvgIpc) is 2.35. The Bertz CT molecular complexity index is 524. The molecule has 0 atom stereocenters. The lowest BCUT2D eigenvalue weighted by molar-refractivity contribution is 1.09. The number of hydrogen-bond acceptors (Lipinski definition) is 3. The molecule has 0 aliphatic carbocycles. The summed E-state index contributed by atoms with van der Waals surface area (Å²) in [4.78, 5) is 6.57. The lowest BCUT2D eigenvalue weighted by atomic mass is 10.1. The summed E-state index contributed by atoms with van der Waals surface area (Å²) >= 11 is 0. The van der Waals surface area contributed by atoms with Gasteiger partial charge in [0.2, 0.25) is 0 Å². The third-order valence-corrected chi connectivity index (χ3v) is 3.33. The van der Waals surface area contributed by atoms with Crippen molar-refractivity contribution in [2.75, 3.05) is 17.7 Å². The van der Waals surface area contributed by atoms with Crippen LogP contribution in [0.3, 0.4) is 0 Å². The minimum atomic E-state index is 0.729. The molecule has 0 unspecified atom stereocenters. The van der Waals surface area contributed by atoms with Crippen molar-refractivity contribution in [2.45, 2.75) is 20.8 Å². The Morgan fingerprint density at radius 1 is 1.00 bits per heavy atom. The minimum absolute atomic E-state index is 0.729. The lowest BCUT2D eigenvalue weighted by Crippen LogP contribution is -2.12. The first-order chi connectivity index (χ1) is 8.49. The van der Waals surface area contributed by atoms with E-state index in [0.29, 0.717) is 0 Å². The summed E-state index contributed by atoms with van der Waals surface area (Å²) in [5.74, 6) is 0.907. The zero-order valence-corrected chi connectivity index (χ0v) is 11.4. The van der Waals surface area contributed by atoms with E-state index < -0.39 is 0 Å². The topological polar surface area (TPSA) is 42.1 Å². The van der Waals surface area contributed by atoms with Gasteiger partial charge in [-0.3, -0.25) is 0 Å². The number of aryl methyl sites for hydroxylation is 3. The number of benzene rings is 1. The molecule has 0 aliphatic heterocycles. The molecule has 0 saturated carbocycles. The summed E-state index contributed by atoms with van der Waals surface area (Å²) in [5.41, 5.74) is 11.1. The van der Waals surface area contributed by atoms with Crippen LogP contribution in [0.1, 0.15) is 16.8 Å². The van der Waals surface area contributed by atoms with Crippen molar-refractivity contribution in [3.8, 4) is 0 Å². The molecule has 0 spiro atoms. The minimum Gasteiger partial charge on any atom is -0.397 e. The maximum Gasteiger partial charge on any atom is 0.133 e. The number of nitrogens with zero attached hydrogens (tertiary/aromatic N) is 2. The van der Waals surface area contributed by atoms with E-state index in [1.54, 1.807) is 0 Å². The molecule has 3 heteroatoms. The average molecular weight is 241 g/mol. The molecule has 0 saturated heterocycles. The van der Waals surface area contributed by atoms with Gasteiger partial charge in [0.25, 0.3) is 0 Å². The van der Waals surface area contributed by atoms with E-state index in [4.69, 9.17) is 5.73 Å². The van der Waals surface area contributed by atoms with E-state index in [-0.39, 0.29) is 0 Å². The van der Waals surface area contributed by atoms with Crippen molar-refractivity contribution in [1.82, 2.24) is 4.98 Å². The summed E-state index contributed by atoms with van der Waals surface area (Å²) in [6, 6.07) is 10.2. The molecule has 2 aromatic rings. The maximum absolute atomic E-state index is 5.79. The van der Waals surface area contributed by atoms with E-state index >= 15 is 0 Å². The highest BCUT2D eigenvalue weighted by Crippen LogP contribution is 2.25. The van der Waals surface area contributed by atoms with E-state index in [0.717, 1.165) is 22.9 Å². The van der Waals surface area contributed by atoms with Gasteiger partial charge in [-0.15, -0.1) is 0 Å². The molecule has 0 bridgehead atoms. The zero-order chi connectivity index (χ0) is 13.3. The molecule has 0 amide bonds. The van der Waals surface area contributed by atoms with Crippen LogP contribution in [0, 0.1) is 20.8 Å². The van der Waals surface area contributed by atoms with Crippen LogP contribution in [0.15, 0.2) is 30.3 Å². The molecule has 0 aliphatic rings. The quantitative estimate of drug-likeness (QED) is 0.876. The van der Waals surface area contributed by atoms with E-state index in [9.17, 15) is 0 Å². The van der Waals surface area contributed by atoms with Crippen molar-refractivity contribution < 1.29 is 0 Å². The van der Waals surface area contributed by atoms with Crippen LogP contribution >= 0.6 is 0 Å². The second kappa shape index (κ2) is 4.69. The second-order valence-electron chi connectivity index (χ2n) is 4.67. The van der Waals surface area contributed by atoms with Crippen LogP contribution in [-0.4, -0.2) is 12.0 Å². The number of aromatic nitrogens is 1. The summed E-state index contributed by atoms with van der Waals surface area (Å²) in [5, 5.41) is 0. The predicted molar refractivity (Wildman–Crippen MR) is 77.4 cm³/mol. The fraction of sp³-hybridized carbons (Fsp3) is 0.267. The van der Waals surface area contributed by atoms with E-state index in [2.05, 4.69) is 41.9 Å². The first-order valence-corrected chi connectivity index (χ1v) is 6.03. The number of pyridine rings is 1. The normalized spacial score (nSPS) is 10.4. The van der Waals surface area contributed by atoms with E-state index in [1.165, 1.54) is 11.1 Å². The van der Waals surface area contributed by atoms with Crippen LogP contribution in [0.2, 0.25) is 0 Å². The van der Waals surface area contributed by atoms with Gasteiger partial charge < -0.3 is 10.6 Å². The number of anilines is 3. The first-order valence-electron chi connectivity index (χ1n) is 6.03. The molecule has 1 heterocycles. The van der Waals surface area contributed by atoms with Gasteiger partial charge in [-0.1, -0.05) is 6.07 Å². The van der Waals surface area contributed by atoms with Crippen molar-refractivity contribution in [3.63, 3.8) is 0 Å². The monoisotopic (exact) mass is 241 g/mol. The highest BCUT2D eigenvalue weighted by molar-refractivity contribution is 5.62. The Labute approximate surface area is 108 Å². The fourth-order valence-electron chi connectivity index (χ4n) is 1.81. The molecular weight excluding hydrogens is 222 g/mol. The van der Waals surface area contributed by atoms with Gasteiger partial charge >= 0.3 is 0 Å². The molecule has 1 aromatic carbocycles. The Morgan fingerprint density at radius 2 is 1.72 bits per heavy atom. The molecule has 2 rings (SSSR count). The van der Waals surface area contributed by atoms with Gasteiger partial charge in [0.1, 0.15) is 5.82 Å². The van der Waals surface area contributed by atoms with Crippen LogP contribution in [0.4, 0.5) is 17.2 Å². The highest BCUT2D eigenvalue weighted by Gasteiger charge is 2.07. The molecular formula is C15H19N3. The number of rotatable bonds is 2. The summed E-state index contributed by atoms with van der Waals surface area (Å²) in [7, 11) is 2.02.